The fraction of sp³-hybridized carbons (Fsp3) is 0.263. The number of nitrogens with zero attached hydrogens (tertiary/aromatic N) is 2. The SMILES string of the molecule is Nc1ccc(C(=O)N2CCCN(C(=O)c3ccc(N)cc3)CC2)cc1. The highest BCUT2D eigenvalue weighted by Gasteiger charge is 2.23. The van der Waals surface area contributed by atoms with Gasteiger partial charge in [0.05, 0.1) is 0 Å². The van der Waals surface area contributed by atoms with Gasteiger partial charge in [-0.1, -0.05) is 0 Å². The average Bonchev–Trinajstić information content (AvgIpc) is 2.88. The molecule has 2 aromatic carbocycles. The van der Waals surface area contributed by atoms with Crippen LogP contribution in [0.1, 0.15) is 27.1 Å². The first-order valence-electron chi connectivity index (χ1n) is 8.34. The molecule has 0 atom stereocenters. The number of hydrogen-bond acceptors (Lipinski definition) is 4. The summed E-state index contributed by atoms with van der Waals surface area (Å²) in [5.74, 6) is -0.0523. The Hall–Kier alpha value is -3.02. The molecule has 0 bridgehead atoms. The van der Waals surface area contributed by atoms with Crippen LogP contribution in [0.2, 0.25) is 0 Å². The summed E-state index contributed by atoms with van der Waals surface area (Å²) in [7, 11) is 0. The van der Waals surface area contributed by atoms with Gasteiger partial charge in [-0.3, -0.25) is 9.59 Å². The minimum atomic E-state index is -0.0261. The third-order valence-electron chi connectivity index (χ3n) is 4.39. The van der Waals surface area contributed by atoms with E-state index >= 15 is 0 Å². The number of carbonyl (C=O) groups excluding carboxylic acids is 2. The molecule has 2 amide bonds. The molecule has 0 radical (unpaired) electrons. The zero-order valence-corrected chi connectivity index (χ0v) is 14.0. The Kier molecular flexibility index (Phi) is 4.88. The lowest BCUT2D eigenvalue weighted by Crippen LogP contribution is -2.37. The highest BCUT2D eigenvalue weighted by atomic mass is 16.2. The van der Waals surface area contributed by atoms with E-state index < -0.39 is 0 Å². The molecule has 0 aliphatic carbocycles. The zero-order valence-electron chi connectivity index (χ0n) is 14.0. The first-order valence-corrected chi connectivity index (χ1v) is 8.34. The Morgan fingerprint density at radius 1 is 0.640 bits per heavy atom. The lowest BCUT2D eigenvalue weighted by molar-refractivity contribution is 0.0719. The second kappa shape index (κ2) is 7.25. The molecule has 1 saturated heterocycles. The quantitative estimate of drug-likeness (QED) is 0.817. The molecular weight excluding hydrogens is 316 g/mol. The molecule has 1 fully saturated rings. The van der Waals surface area contributed by atoms with Gasteiger partial charge in [-0.05, 0) is 55.0 Å². The molecule has 1 aliphatic rings. The van der Waals surface area contributed by atoms with Gasteiger partial charge < -0.3 is 21.3 Å². The van der Waals surface area contributed by atoms with Crippen LogP contribution >= 0.6 is 0 Å². The van der Waals surface area contributed by atoms with Gasteiger partial charge in [0.1, 0.15) is 0 Å². The molecule has 0 saturated carbocycles. The Morgan fingerprint density at radius 3 is 1.36 bits per heavy atom. The van der Waals surface area contributed by atoms with Crippen LogP contribution in [0.25, 0.3) is 0 Å². The third kappa shape index (κ3) is 3.91. The molecule has 6 nitrogen and oxygen atoms in total. The maximum Gasteiger partial charge on any atom is 0.253 e. The van der Waals surface area contributed by atoms with Gasteiger partial charge in [-0.2, -0.15) is 0 Å². The topological polar surface area (TPSA) is 92.7 Å². The molecule has 1 aliphatic heterocycles. The molecule has 4 N–H and O–H groups in total. The van der Waals surface area contributed by atoms with Crippen LogP contribution in [0.3, 0.4) is 0 Å². The molecule has 6 heteroatoms. The van der Waals surface area contributed by atoms with Crippen LogP contribution in [0.15, 0.2) is 48.5 Å². The van der Waals surface area contributed by atoms with Crippen molar-refractivity contribution in [1.82, 2.24) is 9.80 Å². The van der Waals surface area contributed by atoms with Gasteiger partial charge in [0.25, 0.3) is 11.8 Å². The van der Waals surface area contributed by atoms with Crippen molar-refractivity contribution in [3.8, 4) is 0 Å². The predicted molar refractivity (Wildman–Crippen MR) is 98.1 cm³/mol. The highest BCUT2D eigenvalue weighted by molar-refractivity contribution is 5.95. The van der Waals surface area contributed by atoms with E-state index in [-0.39, 0.29) is 11.8 Å². The molecule has 2 aromatic rings. The van der Waals surface area contributed by atoms with E-state index in [0.717, 1.165) is 6.42 Å². The fourth-order valence-corrected chi connectivity index (χ4v) is 2.94. The van der Waals surface area contributed by atoms with Crippen LogP contribution < -0.4 is 11.5 Å². The lowest BCUT2D eigenvalue weighted by Gasteiger charge is -2.22. The number of anilines is 2. The predicted octanol–water partition coefficient (Wildman–Crippen LogP) is 1.84. The van der Waals surface area contributed by atoms with E-state index in [0.29, 0.717) is 48.7 Å². The van der Waals surface area contributed by atoms with E-state index in [1.54, 1.807) is 58.3 Å². The first-order chi connectivity index (χ1) is 12.0. The monoisotopic (exact) mass is 338 g/mol. The molecule has 0 spiro atoms. The summed E-state index contributed by atoms with van der Waals surface area (Å²) in [6, 6.07) is 13.8. The molecule has 1 heterocycles. The summed E-state index contributed by atoms with van der Waals surface area (Å²) in [4.78, 5) is 28.8. The summed E-state index contributed by atoms with van der Waals surface area (Å²) < 4.78 is 0. The van der Waals surface area contributed by atoms with Gasteiger partial charge in [-0.15, -0.1) is 0 Å². The van der Waals surface area contributed by atoms with E-state index in [1.807, 2.05) is 0 Å². The Balaban J connectivity index is 1.65. The second-order valence-corrected chi connectivity index (χ2v) is 6.18. The smallest absolute Gasteiger partial charge is 0.253 e. The van der Waals surface area contributed by atoms with Crippen molar-refractivity contribution >= 4 is 23.2 Å². The number of rotatable bonds is 2. The molecule has 0 aromatic heterocycles. The summed E-state index contributed by atoms with van der Waals surface area (Å²) in [5.41, 5.74) is 13.8. The maximum absolute atomic E-state index is 12.6. The minimum Gasteiger partial charge on any atom is -0.399 e. The first kappa shape index (κ1) is 16.8. The number of nitrogens with two attached hydrogens (primary N) is 2. The molecule has 3 rings (SSSR count). The average molecular weight is 338 g/mol. The lowest BCUT2D eigenvalue weighted by atomic mass is 10.2. The van der Waals surface area contributed by atoms with Gasteiger partial charge in [0.15, 0.2) is 0 Å². The van der Waals surface area contributed by atoms with Crippen LogP contribution in [-0.4, -0.2) is 47.8 Å². The third-order valence-corrected chi connectivity index (χ3v) is 4.39. The number of carbonyl (C=O) groups is 2. The van der Waals surface area contributed by atoms with Gasteiger partial charge in [0, 0.05) is 48.7 Å². The molecule has 130 valence electrons. The van der Waals surface area contributed by atoms with Crippen molar-refractivity contribution in [1.29, 1.82) is 0 Å². The fourth-order valence-electron chi connectivity index (χ4n) is 2.94. The molecule has 0 unspecified atom stereocenters. The van der Waals surface area contributed by atoms with Crippen LogP contribution in [-0.2, 0) is 0 Å². The Morgan fingerprint density at radius 2 is 1.00 bits per heavy atom. The van der Waals surface area contributed by atoms with E-state index in [1.165, 1.54) is 0 Å². The summed E-state index contributed by atoms with van der Waals surface area (Å²) in [5, 5.41) is 0. The molecular formula is C19H22N4O2. The van der Waals surface area contributed by atoms with Crippen molar-refractivity contribution in [3.05, 3.63) is 59.7 Å². The van der Waals surface area contributed by atoms with E-state index in [2.05, 4.69) is 0 Å². The minimum absolute atomic E-state index is 0.0261. The number of amides is 2. The standard InChI is InChI=1S/C19H22N4O2/c20-16-6-2-14(3-7-16)18(24)22-10-1-11-23(13-12-22)19(25)15-4-8-17(21)9-5-15/h2-9H,1,10-13,20-21H2. The number of benzene rings is 2. The Labute approximate surface area is 147 Å². The van der Waals surface area contributed by atoms with Crippen LogP contribution in [0, 0.1) is 0 Å². The van der Waals surface area contributed by atoms with E-state index in [9.17, 15) is 9.59 Å². The van der Waals surface area contributed by atoms with Gasteiger partial charge in [-0.25, -0.2) is 0 Å². The van der Waals surface area contributed by atoms with E-state index in [4.69, 9.17) is 11.5 Å². The van der Waals surface area contributed by atoms with Crippen LogP contribution in [0.5, 0.6) is 0 Å². The largest absolute Gasteiger partial charge is 0.399 e. The Bertz CT molecular complexity index is 690. The summed E-state index contributed by atoms with van der Waals surface area (Å²) in [6.07, 6.45) is 0.751. The van der Waals surface area contributed by atoms with Crippen molar-refractivity contribution in [3.63, 3.8) is 0 Å². The summed E-state index contributed by atoms with van der Waals surface area (Å²) in [6.45, 7) is 2.30. The van der Waals surface area contributed by atoms with Crippen molar-refractivity contribution in [2.24, 2.45) is 0 Å². The molecule has 25 heavy (non-hydrogen) atoms. The number of hydrogen-bond donors (Lipinski definition) is 2. The van der Waals surface area contributed by atoms with Crippen molar-refractivity contribution in [2.45, 2.75) is 6.42 Å². The van der Waals surface area contributed by atoms with Gasteiger partial charge >= 0.3 is 0 Å². The highest BCUT2D eigenvalue weighted by Crippen LogP contribution is 2.14. The normalized spacial score (nSPS) is 14.9. The van der Waals surface area contributed by atoms with Crippen molar-refractivity contribution < 1.29 is 9.59 Å². The number of nitrogen functional groups attached to an aromatic ring is 2. The van der Waals surface area contributed by atoms with Crippen molar-refractivity contribution in [2.75, 3.05) is 37.6 Å². The van der Waals surface area contributed by atoms with Crippen LogP contribution in [0.4, 0.5) is 11.4 Å². The zero-order chi connectivity index (χ0) is 17.8. The second-order valence-electron chi connectivity index (χ2n) is 6.18. The van der Waals surface area contributed by atoms with Gasteiger partial charge in [0.2, 0.25) is 0 Å². The summed E-state index contributed by atoms with van der Waals surface area (Å²) >= 11 is 0. The maximum atomic E-state index is 12.6.